The Balaban J connectivity index is 1.80. The summed E-state index contributed by atoms with van der Waals surface area (Å²) in [6, 6.07) is 5.77. The van der Waals surface area contributed by atoms with Crippen molar-refractivity contribution in [1.29, 1.82) is 0 Å². The van der Waals surface area contributed by atoms with Crippen molar-refractivity contribution in [2.75, 3.05) is 0 Å². The Morgan fingerprint density at radius 1 is 1.16 bits per heavy atom. The quantitative estimate of drug-likeness (QED) is 0.560. The second-order valence-corrected chi connectivity index (χ2v) is 7.51. The lowest BCUT2D eigenvalue weighted by Crippen LogP contribution is -2.25. The highest BCUT2D eigenvalue weighted by atomic mass is 35.5. The fourth-order valence-corrected chi connectivity index (χ4v) is 3.39. The molecule has 0 aliphatic carbocycles. The van der Waals surface area contributed by atoms with E-state index in [0.29, 0.717) is 22.5 Å². The molecule has 5 nitrogen and oxygen atoms in total. The van der Waals surface area contributed by atoms with Gasteiger partial charge in [0.1, 0.15) is 5.82 Å². The van der Waals surface area contributed by atoms with Gasteiger partial charge in [-0.05, 0) is 50.6 Å². The van der Waals surface area contributed by atoms with Crippen LogP contribution in [0, 0.1) is 26.6 Å². The van der Waals surface area contributed by atoms with Crippen LogP contribution in [0.25, 0.3) is 5.82 Å². The first-order valence-electron chi connectivity index (χ1n) is 9.27. The van der Waals surface area contributed by atoms with E-state index >= 15 is 0 Å². The lowest BCUT2D eigenvalue weighted by atomic mass is 10.1. The van der Waals surface area contributed by atoms with E-state index in [0.717, 1.165) is 18.2 Å². The van der Waals surface area contributed by atoms with Crippen molar-refractivity contribution in [2.24, 2.45) is 0 Å². The summed E-state index contributed by atoms with van der Waals surface area (Å²) in [6.07, 6.45) is -4.54. The molecule has 0 fully saturated rings. The van der Waals surface area contributed by atoms with E-state index < -0.39 is 17.6 Å². The third-order valence-electron chi connectivity index (χ3n) is 4.75. The predicted octanol–water partition coefficient (Wildman–Crippen LogP) is 4.86. The van der Waals surface area contributed by atoms with E-state index in [1.807, 2.05) is 0 Å². The van der Waals surface area contributed by atoms with Crippen LogP contribution in [0.5, 0.6) is 0 Å². The van der Waals surface area contributed by atoms with E-state index in [2.05, 4.69) is 15.4 Å². The highest BCUT2D eigenvalue weighted by Crippen LogP contribution is 2.31. The maximum atomic E-state index is 13.2. The Hall–Kier alpha value is -2.94. The van der Waals surface area contributed by atoms with Crippen LogP contribution < -0.4 is 5.32 Å². The molecular formula is C21H19ClF4N4O. The van der Waals surface area contributed by atoms with Gasteiger partial charge in [0.25, 0.3) is 0 Å². The number of rotatable bonds is 5. The molecule has 3 rings (SSSR count). The molecule has 10 heteroatoms. The van der Waals surface area contributed by atoms with Crippen molar-refractivity contribution >= 4 is 17.5 Å². The van der Waals surface area contributed by atoms with Crippen LogP contribution in [0.3, 0.4) is 0 Å². The molecule has 0 bridgehead atoms. The van der Waals surface area contributed by atoms with E-state index in [-0.39, 0.29) is 35.4 Å². The number of halogens is 5. The molecule has 0 aliphatic rings. The number of hydrogen-bond donors (Lipinski definition) is 1. The van der Waals surface area contributed by atoms with Crippen molar-refractivity contribution in [3.8, 4) is 5.82 Å². The van der Waals surface area contributed by atoms with Gasteiger partial charge in [-0.1, -0.05) is 17.7 Å². The van der Waals surface area contributed by atoms with Gasteiger partial charge in [0, 0.05) is 28.5 Å². The Kier molecular flexibility index (Phi) is 6.35. The molecule has 1 aromatic carbocycles. The molecule has 164 valence electrons. The number of pyridine rings is 1. The number of hydrogen-bond acceptors (Lipinski definition) is 3. The average Bonchev–Trinajstić information content (AvgIpc) is 2.94. The van der Waals surface area contributed by atoms with Gasteiger partial charge < -0.3 is 5.32 Å². The number of carbonyl (C=O) groups is 1. The summed E-state index contributed by atoms with van der Waals surface area (Å²) in [5.41, 5.74) is 1.54. The molecule has 1 N–H and O–H groups in total. The summed E-state index contributed by atoms with van der Waals surface area (Å²) >= 11 is 5.96. The zero-order valence-electron chi connectivity index (χ0n) is 16.9. The smallest absolute Gasteiger partial charge is 0.352 e. The van der Waals surface area contributed by atoms with Gasteiger partial charge in [-0.15, -0.1) is 0 Å². The van der Waals surface area contributed by atoms with Gasteiger partial charge in [0.15, 0.2) is 5.82 Å². The van der Waals surface area contributed by atoms with Gasteiger partial charge >= 0.3 is 6.18 Å². The van der Waals surface area contributed by atoms with E-state index in [9.17, 15) is 22.4 Å². The largest absolute Gasteiger partial charge is 0.416 e. The van der Waals surface area contributed by atoms with Gasteiger partial charge in [-0.3, -0.25) is 4.79 Å². The molecule has 0 unspecified atom stereocenters. The van der Waals surface area contributed by atoms with E-state index in [4.69, 9.17) is 11.6 Å². The summed E-state index contributed by atoms with van der Waals surface area (Å²) in [7, 11) is 0. The first-order valence-corrected chi connectivity index (χ1v) is 9.65. The molecule has 2 aromatic heterocycles. The van der Waals surface area contributed by atoms with Crippen LogP contribution in [0.4, 0.5) is 17.6 Å². The number of nitrogens with one attached hydrogen (secondary N) is 1. The summed E-state index contributed by atoms with van der Waals surface area (Å²) < 4.78 is 53.9. The van der Waals surface area contributed by atoms with Gasteiger partial charge in [0.05, 0.1) is 17.7 Å². The maximum Gasteiger partial charge on any atom is 0.416 e. The number of benzene rings is 1. The minimum Gasteiger partial charge on any atom is -0.352 e. The normalized spacial score (nSPS) is 11.6. The first kappa shape index (κ1) is 22.7. The number of carbonyl (C=O) groups excluding carboxylic acids is 1. The van der Waals surface area contributed by atoms with Gasteiger partial charge in [-0.2, -0.15) is 18.3 Å². The Morgan fingerprint density at radius 3 is 2.52 bits per heavy atom. The molecule has 0 saturated carbocycles. The van der Waals surface area contributed by atoms with Crippen LogP contribution in [0.15, 0.2) is 30.3 Å². The Labute approximate surface area is 181 Å². The number of amides is 1. The number of aromatic nitrogens is 3. The Morgan fingerprint density at radius 2 is 1.87 bits per heavy atom. The van der Waals surface area contributed by atoms with Crippen LogP contribution in [0.1, 0.15) is 33.8 Å². The molecule has 1 amide bonds. The Bertz CT molecular complexity index is 1140. The highest BCUT2D eigenvalue weighted by Gasteiger charge is 2.32. The van der Waals surface area contributed by atoms with E-state index in [1.165, 1.54) is 23.7 Å². The minimum atomic E-state index is -4.51. The van der Waals surface area contributed by atoms with Crippen molar-refractivity contribution in [3.05, 3.63) is 74.9 Å². The second kappa shape index (κ2) is 8.66. The zero-order valence-corrected chi connectivity index (χ0v) is 17.7. The maximum absolute atomic E-state index is 13.2. The summed E-state index contributed by atoms with van der Waals surface area (Å²) in [6.45, 7) is 4.91. The highest BCUT2D eigenvalue weighted by molar-refractivity contribution is 6.31. The number of aryl methyl sites for hydroxylation is 2. The van der Waals surface area contributed by atoms with Crippen molar-refractivity contribution in [3.63, 3.8) is 0 Å². The van der Waals surface area contributed by atoms with Crippen molar-refractivity contribution in [2.45, 2.75) is 39.9 Å². The monoisotopic (exact) mass is 454 g/mol. The minimum absolute atomic E-state index is 0.0256. The standard InChI is InChI=1S/C21H19ClF4N4O/c1-11-6-15(21(24,25)26)7-19(28-11)30-13(3)17(12(2)29-30)9-20(31)27-10-14-4-5-16(23)8-18(14)22/h4-8H,9-10H2,1-3H3,(H,27,31). The fourth-order valence-electron chi connectivity index (χ4n) is 3.16. The zero-order chi connectivity index (χ0) is 22.9. The third-order valence-corrected chi connectivity index (χ3v) is 5.11. The van der Waals surface area contributed by atoms with Crippen LogP contribution in [-0.4, -0.2) is 20.7 Å². The molecule has 0 aliphatic heterocycles. The van der Waals surface area contributed by atoms with Crippen LogP contribution in [-0.2, 0) is 23.9 Å². The molecule has 0 spiro atoms. The van der Waals surface area contributed by atoms with Crippen LogP contribution in [0.2, 0.25) is 5.02 Å². The SMILES string of the molecule is Cc1cc(C(F)(F)F)cc(-n2nc(C)c(CC(=O)NCc3ccc(F)cc3Cl)c2C)n1. The van der Waals surface area contributed by atoms with Gasteiger partial charge in [-0.25, -0.2) is 14.1 Å². The molecule has 0 atom stereocenters. The number of alkyl halides is 3. The van der Waals surface area contributed by atoms with Crippen molar-refractivity contribution < 1.29 is 22.4 Å². The molecule has 0 radical (unpaired) electrons. The molecule has 31 heavy (non-hydrogen) atoms. The fraction of sp³-hybridized carbons (Fsp3) is 0.286. The summed E-state index contributed by atoms with van der Waals surface area (Å²) in [4.78, 5) is 16.6. The number of nitrogens with zero attached hydrogens (tertiary/aromatic N) is 3. The van der Waals surface area contributed by atoms with E-state index in [1.54, 1.807) is 13.8 Å². The first-order chi connectivity index (χ1) is 14.5. The lowest BCUT2D eigenvalue weighted by molar-refractivity contribution is -0.137. The topological polar surface area (TPSA) is 59.8 Å². The second-order valence-electron chi connectivity index (χ2n) is 7.10. The summed E-state index contributed by atoms with van der Waals surface area (Å²) in [5.74, 6) is -0.783. The molecule has 3 aromatic rings. The average molecular weight is 455 g/mol. The molecule has 2 heterocycles. The summed E-state index contributed by atoms with van der Waals surface area (Å²) in [5, 5.41) is 7.19. The predicted molar refractivity (Wildman–Crippen MR) is 108 cm³/mol. The molecule has 0 saturated heterocycles. The lowest BCUT2D eigenvalue weighted by Gasteiger charge is -2.11. The van der Waals surface area contributed by atoms with Crippen molar-refractivity contribution in [1.82, 2.24) is 20.1 Å². The molecular weight excluding hydrogens is 436 g/mol. The third kappa shape index (κ3) is 5.22. The van der Waals surface area contributed by atoms with Gasteiger partial charge in [0.2, 0.25) is 5.91 Å². The van der Waals surface area contributed by atoms with Crippen LogP contribution >= 0.6 is 11.6 Å².